The van der Waals surface area contributed by atoms with Crippen molar-refractivity contribution < 1.29 is 8.63 Å². The van der Waals surface area contributed by atoms with Crippen molar-refractivity contribution in [3.63, 3.8) is 0 Å². The van der Waals surface area contributed by atoms with Gasteiger partial charge in [-0.1, -0.05) is 36.4 Å². The van der Waals surface area contributed by atoms with Gasteiger partial charge in [0, 0.05) is 21.2 Å². The number of hydrogen-bond donors (Lipinski definition) is 0. The van der Waals surface area contributed by atoms with Crippen LogP contribution in [0.1, 0.15) is 35.1 Å². The van der Waals surface area contributed by atoms with E-state index in [2.05, 4.69) is 4.98 Å². The summed E-state index contributed by atoms with van der Waals surface area (Å²) >= 11 is 1.63. The maximum Gasteiger partial charge on any atom is 0.210 e. The molecule has 0 spiro atoms. The first-order valence-corrected chi connectivity index (χ1v) is 9.26. The van der Waals surface area contributed by atoms with Gasteiger partial charge in [0.1, 0.15) is 5.25 Å². The highest BCUT2D eigenvalue weighted by Gasteiger charge is 2.25. The molecular formula is C17H17NO2S2. The van der Waals surface area contributed by atoms with Crippen molar-refractivity contribution in [3.8, 4) is 11.3 Å². The van der Waals surface area contributed by atoms with Crippen LogP contribution < -0.4 is 0 Å². The van der Waals surface area contributed by atoms with Crippen LogP contribution in [0, 0.1) is 0 Å². The molecule has 114 valence electrons. The van der Waals surface area contributed by atoms with Crippen LogP contribution in [0.2, 0.25) is 0 Å². The third-order valence-electron chi connectivity index (χ3n) is 3.57. The summed E-state index contributed by atoms with van der Waals surface area (Å²) in [6, 6.07) is 13.8. The van der Waals surface area contributed by atoms with Crippen LogP contribution in [0.15, 0.2) is 58.5 Å². The van der Waals surface area contributed by atoms with Crippen LogP contribution in [0.25, 0.3) is 11.3 Å². The van der Waals surface area contributed by atoms with Crippen molar-refractivity contribution in [2.24, 2.45) is 0 Å². The molecule has 2 aromatic heterocycles. The Morgan fingerprint density at radius 2 is 1.86 bits per heavy atom. The fourth-order valence-electron chi connectivity index (χ4n) is 2.25. The molecule has 3 aromatic rings. The molecule has 1 aromatic carbocycles. The maximum atomic E-state index is 12.7. The Labute approximate surface area is 136 Å². The number of nitrogens with zero attached hydrogens (tertiary/aromatic N) is 1. The molecule has 0 bridgehead atoms. The van der Waals surface area contributed by atoms with Crippen molar-refractivity contribution in [1.29, 1.82) is 0 Å². The monoisotopic (exact) mass is 331 g/mol. The quantitative estimate of drug-likeness (QED) is 0.662. The van der Waals surface area contributed by atoms with Gasteiger partial charge in [-0.3, -0.25) is 4.21 Å². The summed E-state index contributed by atoms with van der Waals surface area (Å²) in [5.74, 6) is 1.24. The first kappa shape index (κ1) is 15.2. The predicted molar refractivity (Wildman–Crippen MR) is 91.2 cm³/mol. The Kier molecular flexibility index (Phi) is 4.55. The summed E-state index contributed by atoms with van der Waals surface area (Å²) in [7, 11) is -1.08. The Hall–Kier alpha value is -1.72. The standard InChI is InChI=1S/C17H17NO2S2/c1-12(16-9-6-10-21-16)22(19)13(2)17-18-11-15(20-17)14-7-4-3-5-8-14/h3-13H,1-2H3/t12-,13-,22+/m1/s1. The van der Waals surface area contributed by atoms with Gasteiger partial charge in [-0.15, -0.1) is 11.3 Å². The molecule has 0 amide bonds. The molecule has 0 aliphatic carbocycles. The lowest BCUT2D eigenvalue weighted by Crippen LogP contribution is -2.09. The van der Waals surface area contributed by atoms with Gasteiger partial charge in [-0.05, 0) is 25.3 Å². The van der Waals surface area contributed by atoms with Gasteiger partial charge in [0.05, 0.1) is 11.4 Å². The van der Waals surface area contributed by atoms with E-state index in [9.17, 15) is 4.21 Å². The highest BCUT2D eigenvalue weighted by molar-refractivity contribution is 7.85. The van der Waals surface area contributed by atoms with Gasteiger partial charge in [-0.2, -0.15) is 0 Å². The second-order valence-corrected chi connectivity index (χ2v) is 8.11. The molecule has 0 N–H and O–H groups in total. The molecule has 2 heterocycles. The Morgan fingerprint density at radius 1 is 1.09 bits per heavy atom. The third-order valence-corrected chi connectivity index (χ3v) is 6.62. The van der Waals surface area contributed by atoms with Crippen molar-refractivity contribution in [2.45, 2.75) is 24.3 Å². The van der Waals surface area contributed by atoms with Gasteiger partial charge < -0.3 is 4.42 Å². The van der Waals surface area contributed by atoms with Gasteiger partial charge in [0.2, 0.25) is 5.89 Å². The highest BCUT2D eigenvalue weighted by Crippen LogP contribution is 2.33. The molecule has 0 radical (unpaired) electrons. The SMILES string of the molecule is C[C@H](c1ncc(-c2ccccc2)o1)[S@@](=O)[C@H](C)c1cccs1. The molecule has 0 aliphatic rings. The summed E-state index contributed by atoms with van der Waals surface area (Å²) in [4.78, 5) is 5.45. The maximum absolute atomic E-state index is 12.7. The van der Waals surface area contributed by atoms with Crippen LogP contribution in [0.5, 0.6) is 0 Å². The van der Waals surface area contributed by atoms with Crippen LogP contribution in [0.3, 0.4) is 0 Å². The van der Waals surface area contributed by atoms with E-state index in [1.54, 1.807) is 17.5 Å². The van der Waals surface area contributed by atoms with Crippen LogP contribution in [-0.4, -0.2) is 9.19 Å². The van der Waals surface area contributed by atoms with Crippen LogP contribution >= 0.6 is 11.3 Å². The molecule has 3 atom stereocenters. The number of rotatable bonds is 5. The van der Waals surface area contributed by atoms with Crippen molar-refractivity contribution in [1.82, 2.24) is 4.98 Å². The number of aromatic nitrogens is 1. The summed E-state index contributed by atoms with van der Waals surface area (Å²) in [6.07, 6.45) is 1.70. The Balaban J connectivity index is 1.79. The van der Waals surface area contributed by atoms with Gasteiger partial charge in [-0.25, -0.2) is 4.98 Å². The summed E-state index contributed by atoms with van der Waals surface area (Å²) in [6.45, 7) is 3.89. The van der Waals surface area contributed by atoms with Crippen molar-refractivity contribution >= 4 is 22.1 Å². The molecule has 0 saturated heterocycles. The van der Waals surface area contributed by atoms with E-state index in [4.69, 9.17) is 4.42 Å². The van der Waals surface area contributed by atoms with Gasteiger partial charge in [0.25, 0.3) is 0 Å². The topological polar surface area (TPSA) is 43.1 Å². The highest BCUT2D eigenvalue weighted by atomic mass is 32.2. The molecule has 0 aliphatic heterocycles. The fourth-order valence-corrected chi connectivity index (χ4v) is 4.60. The Bertz CT molecular complexity index is 750. The van der Waals surface area contributed by atoms with Gasteiger partial charge in [0.15, 0.2) is 5.76 Å². The van der Waals surface area contributed by atoms with Gasteiger partial charge >= 0.3 is 0 Å². The normalized spacial score (nSPS) is 15.4. The zero-order valence-electron chi connectivity index (χ0n) is 12.4. The third kappa shape index (κ3) is 3.05. The summed E-state index contributed by atoms with van der Waals surface area (Å²) in [5, 5.41) is 1.74. The van der Waals surface area contributed by atoms with E-state index >= 15 is 0 Å². The van der Waals surface area contributed by atoms with Crippen LogP contribution in [-0.2, 0) is 10.8 Å². The molecule has 22 heavy (non-hydrogen) atoms. The molecule has 0 saturated carbocycles. The molecule has 5 heteroatoms. The minimum Gasteiger partial charge on any atom is -0.439 e. The molecule has 0 fully saturated rings. The largest absolute Gasteiger partial charge is 0.439 e. The number of hydrogen-bond acceptors (Lipinski definition) is 4. The lowest BCUT2D eigenvalue weighted by Gasteiger charge is -2.13. The average Bonchev–Trinajstić information content (AvgIpc) is 3.25. The second kappa shape index (κ2) is 6.58. The predicted octanol–water partition coefficient (Wildman–Crippen LogP) is 4.97. The minimum absolute atomic E-state index is 0.0259. The minimum atomic E-state index is -1.08. The number of oxazole rings is 1. The first-order valence-electron chi connectivity index (χ1n) is 7.10. The second-order valence-electron chi connectivity index (χ2n) is 5.06. The lowest BCUT2D eigenvalue weighted by atomic mass is 10.2. The van der Waals surface area contributed by atoms with E-state index in [1.807, 2.05) is 61.7 Å². The fraction of sp³-hybridized carbons (Fsp3) is 0.235. The van der Waals surface area contributed by atoms with E-state index in [-0.39, 0.29) is 10.5 Å². The van der Waals surface area contributed by atoms with E-state index in [1.165, 1.54) is 0 Å². The molecule has 0 unspecified atom stereocenters. The summed E-state index contributed by atoms with van der Waals surface area (Å²) < 4.78 is 18.5. The lowest BCUT2D eigenvalue weighted by molar-refractivity contribution is 0.504. The zero-order valence-corrected chi connectivity index (χ0v) is 14.1. The van der Waals surface area contributed by atoms with Crippen LogP contribution in [0.4, 0.5) is 0 Å². The molecular weight excluding hydrogens is 314 g/mol. The zero-order chi connectivity index (χ0) is 15.5. The molecule has 3 nitrogen and oxygen atoms in total. The van der Waals surface area contributed by atoms with E-state index < -0.39 is 10.8 Å². The summed E-state index contributed by atoms with van der Waals surface area (Å²) in [5.41, 5.74) is 0.977. The van der Waals surface area contributed by atoms with Crippen molar-refractivity contribution in [2.75, 3.05) is 0 Å². The van der Waals surface area contributed by atoms with Crippen molar-refractivity contribution in [3.05, 3.63) is 64.8 Å². The van der Waals surface area contributed by atoms with E-state index in [0.717, 1.165) is 10.4 Å². The molecule has 3 rings (SSSR count). The smallest absolute Gasteiger partial charge is 0.210 e. The van der Waals surface area contributed by atoms with E-state index in [0.29, 0.717) is 11.7 Å². The number of benzene rings is 1. The average molecular weight is 331 g/mol. The first-order chi connectivity index (χ1) is 10.7. The Morgan fingerprint density at radius 3 is 2.55 bits per heavy atom. The number of thiophene rings is 1.